The third-order valence-corrected chi connectivity index (χ3v) is 4.09. The second kappa shape index (κ2) is 10.2. The Labute approximate surface area is 155 Å². The summed E-state index contributed by atoms with van der Waals surface area (Å²) in [7, 11) is 1.77. The van der Waals surface area contributed by atoms with Crippen LogP contribution < -0.4 is 10.1 Å². The maximum Gasteiger partial charge on any atom is 0.251 e. The second-order valence-corrected chi connectivity index (χ2v) is 6.15. The van der Waals surface area contributed by atoms with Gasteiger partial charge in [-0.05, 0) is 37.1 Å². The largest absolute Gasteiger partial charge is 0.491 e. The molecule has 0 aliphatic rings. The van der Waals surface area contributed by atoms with Crippen molar-refractivity contribution in [3.05, 3.63) is 65.7 Å². The van der Waals surface area contributed by atoms with Crippen LogP contribution in [0.2, 0.25) is 0 Å². The quantitative estimate of drug-likeness (QED) is 0.704. The predicted molar refractivity (Wildman–Crippen MR) is 102 cm³/mol. The first-order valence-corrected chi connectivity index (χ1v) is 8.83. The van der Waals surface area contributed by atoms with E-state index in [4.69, 9.17) is 4.74 Å². The molecule has 0 saturated heterocycles. The number of amides is 2. The Bertz CT molecular complexity index is 716. The lowest BCUT2D eigenvalue weighted by molar-refractivity contribution is -0.130. The number of nitrogens with zero attached hydrogens (tertiary/aromatic N) is 1. The standard InChI is InChI=1S/C21H26N2O3/c1-17-9-6-7-12-19(17)26-16-15-23(2)20(24)13-8-14-22-21(25)18-10-4-3-5-11-18/h3-7,9-12H,8,13-16H2,1-2H3,(H,22,25). The normalized spacial score (nSPS) is 10.2. The highest BCUT2D eigenvalue weighted by Crippen LogP contribution is 2.15. The topological polar surface area (TPSA) is 58.6 Å². The summed E-state index contributed by atoms with van der Waals surface area (Å²) >= 11 is 0. The van der Waals surface area contributed by atoms with E-state index in [9.17, 15) is 9.59 Å². The zero-order chi connectivity index (χ0) is 18.8. The van der Waals surface area contributed by atoms with Gasteiger partial charge in [0.2, 0.25) is 5.91 Å². The number of hydrogen-bond acceptors (Lipinski definition) is 3. The van der Waals surface area contributed by atoms with Crippen LogP contribution in [0.1, 0.15) is 28.8 Å². The Balaban J connectivity index is 1.61. The van der Waals surface area contributed by atoms with E-state index in [0.29, 0.717) is 38.1 Å². The third kappa shape index (κ3) is 6.24. The number of para-hydroxylation sites is 1. The molecule has 2 aromatic carbocycles. The molecule has 0 heterocycles. The molecule has 2 rings (SSSR count). The molecule has 0 aromatic heterocycles. The zero-order valence-corrected chi connectivity index (χ0v) is 15.4. The molecule has 1 N–H and O–H groups in total. The minimum atomic E-state index is -0.113. The van der Waals surface area contributed by atoms with Gasteiger partial charge in [-0.15, -0.1) is 0 Å². The first-order valence-electron chi connectivity index (χ1n) is 8.83. The summed E-state index contributed by atoms with van der Waals surface area (Å²) in [6, 6.07) is 16.9. The van der Waals surface area contributed by atoms with Gasteiger partial charge in [-0.25, -0.2) is 0 Å². The molecule has 0 saturated carbocycles. The van der Waals surface area contributed by atoms with Crippen LogP contribution >= 0.6 is 0 Å². The van der Waals surface area contributed by atoms with E-state index in [-0.39, 0.29) is 11.8 Å². The average Bonchev–Trinajstić information content (AvgIpc) is 2.67. The van der Waals surface area contributed by atoms with Crippen LogP contribution in [0.15, 0.2) is 54.6 Å². The molecule has 5 nitrogen and oxygen atoms in total. The molecule has 0 bridgehead atoms. The molecular weight excluding hydrogens is 328 g/mol. The van der Waals surface area contributed by atoms with Crippen molar-refractivity contribution in [2.45, 2.75) is 19.8 Å². The summed E-state index contributed by atoms with van der Waals surface area (Å²) < 4.78 is 5.71. The third-order valence-electron chi connectivity index (χ3n) is 4.09. The number of ether oxygens (including phenoxy) is 1. The van der Waals surface area contributed by atoms with E-state index in [1.807, 2.05) is 49.4 Å². The lowest BCUT2D eigenvalue weighted by Gasteiger charge is -2.18. The van der Waals surface area contributed by atoms with Crippen LogP contribution in [-0.2, 0) is 4.79 Å². The van der Waals surface area contributed by atoms with Crippen molar-refractivity contribution < 1.29 is 14.3 Å². The second-order valence-electron chi connectivity index (χ2n) is 6.15. The van der Waals surface area contributed by atoms with Crippen molar-refractivity contribution in [3.63, 3.8) is 0 Å². The summed E-state index contributed by atoms with van der Waals surface area (Å²) in [5, 5.41) is 2.83. The van der Waals surface area contributed by atoms with Crippen molar-refractivity contribution in [2.75, 3.05) is 26.7 Å². The summed E-state index contributed by atoms with van der Waals surface area (Å²) in [6.45, 7) is 3.46. The highest BCUT2D eigenvalue weighted by atomic mass is 16.5. The molecule has 138 valence electrons. The predicted octanol–water partition coefficient (Wildman–Crippen LogP) is 3.04. The summed E-state index contributed by atoms with van der Waals surface area (Å²) in [5.74, 6) is 0.780. The fourth-order valence-corrected chi connectivity index (χ4v) is 2.46. The first-order chi connectivity index (χ1) is 12.6. The van der Waals surface area contributed by atoms with E-state index < -0.39 is 0 Å². The van der Waals surface area contributed by atoms with Gasteiger partial charge in [0.05, 0.1) is 6.54 Å². The maximum atomic E-state index is 12.1. The molecule has 0 aliphatic heterocycles. The number of likely N-dealkylation sites (N-methyl/N-ethyl adjacent to an activating group) is 1. The van der Waals surface area contributed by atoms with Crippen LogP contribution in [-0.4, -0.2) is 43.5 Å². The molecule has 0 radical (unpaired) electrons. The number of benzene rings is 2. The first kappa shape index (κ1) is 19.5. The Hall–Kier alpha value is -2.82. The smallest absolute Gasteiger partial charge is 0.251 e. The van der Waals surface area contributed by atoms with Gasteiger partial charge in [-0.1, -0.05) is 36.4 Å². The molecule has 2 aromatic rings. The van der Waals surface area contributed by atoms with Gasteiger partial charge in [0.15, 0.2) is 0 Å². The van der Waals surface area contributed by atoms with E-state index in [2.05, 4.69) is 5.32 Å². The van der Waals surface area contributed by atoms with Crippen molar-refractivity contribution in [2.24, 2.45) is 0 Å². The zero-order valence-electron chi connectivity index (χ0n) is 15.4. The van der Waals surface area contributed by atoms with Crippen molar-refractivity contribution in [3.8, 4) is 5.75 Å². The maximum absolute atomic E-state index is 12.1. The average molecular weight is 354 g/mol. The fourth-order valence-electron chi connectivity index (χ4n) is 2.46. The van der Waals surface area contributed by atoms with Gasteiger partial charge in [0.1, 0.15) is 12.4 Å². The molecular formula is C21H26N2O3. The lowest BCUT2D eigenvalue weighted by Crippen LogP contribution is -2.32. The number of aryl methyl sites for hydroxylation is 1. The van der Waals surface area contributed by atoms with Crippen LogP contribution in [0.25, 0.3) is 0 Å². The van der Waals surface area contributed by atoms with E-state index in [1.54, 1.807) is 24.1 Å². The molecule has 0 unspecified atom stereocenters. The number of carbonyl (C=O) groups is 2. The van der Waals surface area contributed by atoms with Gasteiger partial charge in [0, 0.05) is 25.6 Å². The minimum absolute atomic E-state index is 0.0485. The van der Waals surface area contributed by atoms with Crippen LogP contribution in [0.5, 0.6) is 5.75 Å². The van der Waals surface area contributed by atoms with Crippen molar-refractivity contribution in [1.82, 2.24) is 10.2 Å². The molecule has 26 heavy (non-hydrogen) atoms. The molecule has 2 amide bonds. The fraction of sp³-hybridized carbons (Fsp3) is 0.333. The summed E-state index contributed by atoms with van der Waals surface area (Å²) in [4.78, 5) is 25.7. The number of rotatable bonds is 9. The highest BCUT2D eigenvalue weighted by molar-refractivity contribution is 5.94. The van der Waals surface area contributed by atoms with Gasteiger partial charge in [0.25, 0.3) is 5.91 Å². The number of carbonyl (C=O) groups excluding carboxylic acids is 2. The van der Waals surface area contributed by atoms with Crippen molar-refractivity contribution >= 4 is 11.8 Å². The molecule has 0 aliphatic carbocycles. The van der Waals surface area contributed by atoms with E-state index in [0.717, 1.165) is 11.3 Å². The number of hydrogen-bond donors (Lipinski definition) is 1. The molecule has 0 fully saturated rings. The molecule has 5 heteroatoms. The van der Waals surface area contributed by atoms with E-state index >= 15 is 0 Å². The van der Waals surface area contributed by atoms with Crippen LogP contribution in [0.4, 0.5) is 0 Å². The SMILES string of the molecule is Cc1ccccc1OCCN(C)C(=O)CCCNC(=O)c1ccccc1. The lowest BCUT2D eigenvalue weighted by atomic mass is 10.2. The number of nitrogens with one attached hydrogen (secondary N) is 1. The molecule has 0 atom stereocenters. The molecule has 0 spiro atoms. The Kier molecular flexibility index (Phi) is 7.68. The highest BCUT2D eigenvalue weighted by Gasteiger charge is 2.09. The van der Waals surface area contributed by atoms with Gasteiger partial charge in [-0.3, -0.25) is 9.59 Å². The monoisotopic (exact) mass is 354 g/mol. The Morgan fingerprint density at radius 3 is 2.46 bits per heavy atom. The van der Waals surface area contributed by atoms with E-state index in [1.165, 1.54) is 0 Å². The van der Waals surface area contributed by atoms with Crippen LogP contribution in [0.3, 0.4) is 0 Å². The minimum Gasteiger partial charge on any atom is -0.491 e. The van der Waals surface area contributed by atoms with Gasteiger partial charge in [-0.2, -0.15) is 0 Å². The summed E-state index contributed by atoms with van der Waals surface area (Å²) in [6.07, 6.45) is 1.01. The Morgan fingerprint density at radius 1 is 1.04 bits per heavy atom. The van der Waals surface area contributed by atoms with Crippen LogP contribution in [0, 0.1) is 6.92 Å². The Morgan fingerprint density at radius 2 is 1.73 bits per heavy atom. The van der Waals surface area contributed by atoms with Gasteiger partial charge >= 0.3 is 0 Å². The van der Waals surface area contributed by atoms with Crippen molar-refractivity contribution in [1.29, 1.82) is 0 Å². The van der Waals surface area contributed by atoms with Gasteiger partial charge < -0.3 is 15.0 Å². The summed E-state index contributed by atoms with van der Waals surface area (Å²) in [5.41, 5.74) is 1.71.